The Bertz CT molecular complexity index is 1530. The number of hydrogen-bond acceptors (Lipinski definition) is 5. The van der Waals surface area contributed by atoms with Crippen molar-refractivity contribution in [2.75, 3.05) is 12.4 Å². The standard InChI is InChI=1S/C24H18ClF4N5O3/c1-11-20(21(24(27,28)29)33-34(11)10-12-3-5-13(37-2)6-4-12)32-23(36)15-8-19(22(30)35)31-18-9-17(26)16(25)7-14(15)18/h3-9H,10H2,1-2H3,(H2,30,35)(H,32,36). The van der Waals surface area contributed by atoms with Gasteiger partial charge in [0, 0.05) is 11.5 Å². The zero-order valence-corrected chi connectivity index (χ0v) is 20.0. The number of amides is 2. The molecule has 0 saturated carbocycles. The summed E-state index contributed by atoms with van der Waals surface area (Å²) >= 11 is 5.84. The summed E-state index contributed by atoms with van der Waals surface area (Å²) in [5, 5.41) is 5.58. The van der Waals surface area contributed by atoms with Gasteiger partial charge >= 0.3 is 6.18 Å². The fourth-order valence-corrected chi connectivity index (χ4v) is 3.83. The Morgan fingerprint density at radius 1 is 1.16 bits per heavy atom. The van der Waals surface area contributed by atoms with E-state index in [1.165, 1.54) is 14.0 Å². The molecule has 2 aromatic carbocycles. The number of carbonyl (C=O) groups is 2. The maximum absolute atomic E-state index is 14.0. The van der Waals surface area contributed by atoms with Crippen molar-refractivity contribution in [3.05, 3.63) is 81.5 Å². The molecular formula is C24H18ClF4N5O3. The Labute approximate surface area is 212 Å². The molecule has 2 amide bonds. The largest absolute Gasteiger partial charge is 0.497 e. The van der Waals surface area contributed by atoms with Gasteiger partial charge in [-0.05, 0) is 36.8 Å². The summed E-state index contributed by atoms with van der Waals surface area (Å²) < 4.78 is 61.8. The van der Waals surface area contributed by atoms with Crippen LogP contribution in [0, 0.1) is 12.7 Å². The normalized spacial score (nSPS) is 11.5. The van der Waals surface area contributed by atoms with Crippen LogP contribution >= 0.6 is 11.6 Å². The van der Waals surface area contributed by atoms with Crippen LogP contribution in [0.4, 0.5) is 23.2 Å². The number of carbonyl (C=O) groups excluding carboxylic acids is 2. The van der Waals surface area contributed by atoms with Crippen molar-refractivity contribution in [1.82, 2.24) is 14.8 Å². The van der Waals surface area contributed by atoms with E-state index in [1.54, 1.807) is 24.3 Å². The Balaban J connectivity index is 1.78. The van der Waals surface area contributed by atoms with Crippen molar-refractivity contribution < 1.29 is 31.9 Å². The molecule has 0 radical (unpaired) electrons. The van der Waals surface area contributed by atoms with Crippen LogP contribution in [0.2, 0.25) is 5.02 Å². The number of nitrogens with two attached hydrogens (primary N) is 1. The smallest absolute Gasteiger partial charge is 0.437 e. The molecule has 13 heteroatoms. The highest BCUT2D eigenvalue weighted by Crippen LogP contribution is 2.37. The van der Waals surface area contributed by atoms with Gasteiger partial charge in [0.2, 0.25) is 0 Å². The molecule has 0 aliphatic heterocycles. The van der Waals surface area contributed by atoms with Gasteiger partial charge in [-0.3, -0.25) is 14.3 Å². The average molecular weight is 536 g/mol. The third-order valence-electron chi connectivity index (χ3n) is 5.55. The summed E-state index contributed by atoms with van der Waals surface area (Å²) in [6.45, 7) is 1.35. The maximum Gasteiger partial charge on any atom is 0.437 e. The van der Waals surface area contributed by atoms with E-state index >= 15 is 0 Å². The number of benzene rings is 2. The number of methoxy groups -OCH3 is 1. The number of alkyl halides is 3. The van der Waals surface area contributed by atoms with Crippen molar-refractivity contribution in [2.45, 2.75) is 19.6 Å². The molecule has 0 saturated heterocycles. The second kappa shape index (κ2) is 9.69. The Kier molecular flexibility index (Phi) is 6.78. The van der Waals surface area contributed by atoms with E-state index in [4.69, 9.17) is 22.1 Å². The fourth-order valence-electron chi connectivity index (χ4n) is 3.67. The second-order valence-electron chi connectivity index (χ2n) is 7.97. The Morgan fingerprint density at radius 2 is 1.84 bits per heavy atom. The van der Waals surface area contributed by atoms with Crippen LogP contribution in [0.25, 0.3) is 10.9 Å². The minimum absolute atomic E-state index is 0.00531. The zero-order chi connectivity index (χ0) is 27.1. The summed E-state index contributed by atoms with van der Waals surface area (Å²) in [5.74, 6) is -2.35. The minimum atomic E-state index is -4.90. The van der Waals surface area contributed by atoms with Crippen LogP contribution in [-0.2, 0) is 12.7 Å². The number of nitrogens with zero attached hydrogens (tertiary/aromatic N) is 3. The molecule has 3 N–H and O–H groups in total. The predicted octanol–water partition coefficient (Wildman–Crippen LogP) is 4.96. The van der Waals surface area contributed by atoms with Crippen molar-refractivity contribution in [2.24, 2.45) is 5.73 Å². The van der Waals surface area contributed by atoms with Gasteiger partial charge in [0.1, 0.15) is 17.3 Å². The highest BCUT2D eigenvalue weighted by atomic mass is 35.5. The van der Waals surface area contributed by atoms with E-state index in [1.807, 2.05) is 0 Å². The van der Waals surface area contributed by atoms with Gasteiger partial charge in [-0.2, -0.15) is 18.3 Å². The van der Waals surface area contributed by atoms with Gasteiger partial charge in [0.05, 0.1) is 41.1 Å². The first kappa shape index (κ1) is 25.9. The summed E-state index contributed by atoms with van der Waals surface area (Å²) in [7, 11) is 1.49. The zero-order valence-electron chi connectivity index (χ0n) is 19.3. The van der Waals surface area contributed by atoms with Crippen LogP contribution in [0.15, 0.2) is 42.5 Å². The maximum atomic E-state index is 14.0. The fraction of sp³-hybridized carbons (Fsp3) is 0.167. The van der Waals surface area contributed by atoms with E-state index in [0.29, 0.717) is 11.3 Å². The average Bonchev–Trinajstić information content (AvgIpc) is 3.15. The van der Waals surface area contributed by atoms with E-state index in [2.05, 4.69) is 15.4 Å². The number of pyridine rings is 1. The van der Waals surface area contributed by atoms with E-state index in [0.717, 1.165) is 22.9 Å². The Hall–Kier alpha value is -4.19. The first-order chi connectivity index (χ1) is 17.4. The molecule has 192 valence electrons. The summed E-state index contributed by atoms with van der Waals surface area (Å²) in [5.41, 5.74) is 3.24. The molecule has 37 heavy (non-hydrogen) atoms. The summed E-state index contributed by atoms with van der Waals surface area (Å²) in [4.78, 5) is 28.9. The first-order valence-electron chi connectivity index (χ1n) is 10.6. The Morgan fingerprint density at radius 3 is 2.43 bits per heavy atom. The van der Waals surface area contributed by atoms with Gasteiger partial charge in [0.25, 0.3) is 11.8 Å². The number of nitrogens with one attached hydrogen (secondary N) is 1. The number of rotatable bonds is 6. The molecule has 0 aliphatic rings. The first-order valence-corrected chi connectivity index (χ1v) is 10.9. The lowest BCUT2D eigenvalue weighted by Gasteiger charge is -2.12. The number of primary amides is 1. The number of anilines is 1. The van der Waals surface area contributed by atoms with Gasteiger partial charge in [-0.15, -0.1) is 0 Å². The molecule has 2 aromatic heterocycles. The lowest BCUT2D eigenvalue weighted by Crippen LogP contribution is -2.19. The van der Waals surface area contributed by atoms with Gasteiger partial charge < -0.3 is 15.8 Å². The van der Waals surface area contributed by atoms with E-state index < -0.39 is 35.2 Å². The van der Waals surface area contributed by atoms with Crippen LogP contribution in [-0.4, -0.2) is 33.7 Å². The van der Waals surface area contributed by atoms with Crippen molar-refractivity contribution in [1.29, 1.82) is 0 Å². The number of ether oxygens (including phenoxy) is 1. The summed E-state index contributed by atoms with van der Waals surface area (Å²) in [6.07, 6.45) is -4.90. The molecule has 0 aliphatic carbocycles. The van der Waals surface area contributed by atoms with Crippen molar-refractivity contribution in [3.8, 4) is 5.75 Å². The van der Waals surface area contributed by atoms with Crippen LogP contribution in [0.3, 0.4) is 0 Å². The molecule has 0 atom stereocenters. The molecule has 2 heterocycles. The summed E-state index contributed by atoms with van der Waals surface area (Å²) in [6, 6.07) is 9.62. The van der Waals surface area contributed by atoms with Gasteiger partial charge in [0.15, 0.2) is 5.69 Å². The molecular weight excluding hydrogens is 518 g/mol. The number of fused-ring (bicyclic) bond motifs is 1. The number of halogens is 5. The molecule has 0 fully saturated rings. The lowest BCUT2D eigenvalue weighted by molar-refractivity contribution is -0.140. The van der Waals surface area contributed by atoms with Gasteiger partial charge in [-0.25, -0.2) is 9.37 Å². The minimum Gasteiger partial charge on any atom is -0.497 e. The highest BCUT2D eigenvalue weighted by Gasteiger charge is 2.39. The van der Waals surface area contributed by atoms with Crippen LogP contribution in [0.5, 0.6) is 5.75 Å². The number of hydrogen-bond donors (Lipinski definition) is 2. The second-order valence-corrected chi connectivity index (χ2v) is 8.38. The number of aromatic nitrogens is 3. The SMILES string of the molecule is COc1ccc(Cn2nc(C(F)(F)F)c(NC(=O)c3cc(C(N)=O)nc4cc(F)c(Cl)cc34)c2C)cc1. The van der Waals surface area contributed by atoms with Crippen LogP contribution < -0.4 is 15.8 Å². The molecule has 0 unspecified atom stereocenters. The third kappa shape index (κ3) is 5.19. The quantitative estimate of drug-likeness (QED) is 0.339. The highest BCUT2D eigenvalue weighted by molar-refractivity contribution is 6.31. The molecule has 4 aromatic rings. The van der Waals surface area contributed by atoms with E-state index in [-0.39, 0.29) is 39.4 Å². The predicted molar refractivity (Wildman–Crippen MR) is 127 cm³/mol. The molecule has 4 rings (SSSR count). The monoisotopic (exact) mass is 535 g/mol. The molecule has 8 nitrogen and oxygen atoms in total. The lowest BCUT2D eigenvalue weighted by atomic mass is 10.1. The third-order valence-corrected chi connectivity index (χ3v) is 5.84. The van der Waals surface area contributed by atoms with E-state index in [9.17, 15) is 27.2 Å². The van der Waals surface area contributed by atoms with Crippen molar-refractivity contribution >= 4 is 40.0 Å². The molecule has 0 bridgehead atoms. The molecule has 0 spiro atoms. The van der Waals surface area contributed by atoms with Crippen LogP contribution in [0.1, 0.15) is 37.8 Å². The van der Waals surface area contributed by atoms with Crippen molar-refractivity contribution in [3.63, 3.8) is 0 Å². The van der Waals surface area contributed by atoms with Gasteiger partial charge in [-0.1, -0.05) is 23.7 Å². The topological polar surface area (TPSA) is 112 Å².